The average molecular weight is 344 g/mol. The summed E-state index contributed by atoms with van der Waals surface area (Å²) in [6.45, 7) is 5.10. The van der Waals surface area contributed by atoms with Crippen LogP contribution in [0.2, 0.25) is 0 Å². The van der Waals surface area contributed by atoms with Crippen molar-refractivity contribution in [3.05, 3.63) is 54.3 Å². The molecule has 0 spiro atoms. The number of halogens is 1. The van der Waals surface area contributed by atoms with Gasteiger partial charge in [0.1, 0.15) is 18.1 Å². The molecule has 0 fully saturated rings. The standard InChI is InChI=1S/C19H21FN2O3/c1-13(2)25-18-10-8-17(9-11-18)22(14(3)23)12-19(24)21-16-6-4-15(20)5-7-16/h4-11,13H,12H2,1-3H3,(H,21,24). The van der Waals surface area contributed by atoms with Gasteiger partial charge < -0.3 is 15.0 Å². The molecule has 0 heterocycles. The molecule has 1 N–H and O–H groups in total. The normalized spacial score (nSPS) is 10.4. The highest BCUT2D eigenvalue weighted by atomic mass is 19.1. The molecule has 0 radical (unpaired) electrons. The summed E-state index contributed by atoms with van der Waals surface area (Å²) in [6.07, 6.45) is 0.0521. The molecule has 0 atom stereocenters. The van der Waals surface area contributed by atoms with Crippen LogP contribution in [0.1, 0.15) is 20.8 Å². The van der Waals surface area contributed by atoms with Gasteiger partial charge in [0.05, 0.1) is 6.10 Å². The number of benzene rings is 2. The van der Waals surface area contributed by atoms with Crippen LogP contribution in [0.4, 0.5) is 15.8 Å². The third-order valence-corrected chi connectivity index (χ3v) is 3.33. The van der Waals surface area contributed by atoms with Crippen LogP contribution in [0.25, 0.3) is 0 Å². The van der Waals surface area contributed by atoms with Crippen LogP contribution in [-0.4, -0.2) is 24.5 Å². The summed E-state index contributed by atoms with van der Waals surface area (Å²) in [5.41, 5.74) is 1.06. The molecule has 25 heavy (non-hydrogen) atoms. The number of nitrogens with zero attached hydrogens (tertiary/aromatic N) is 1. The van der Waals surface area contributed by atoms with Gasteiger partial charge in [-0.05, 0) is 62.4 Å². The molecule has 0 saturated heterocycles. The summed E-state index contributed by atoms with van der Waals surface area (Å²) >= 11 is 0. The summed E-state index contributed by atoms with van der Waals surface area (Å²) in [6, 6.07) is 12.4. The zero-order chi connectivity index (χ0) is 18.4. The summed E-state index contributed by atoms with van der Waals surface area (Å²) in [5.74, 6) is -0.318. The van der Waals surface area contributed by atoms with E-state index < -0.39 is 0 Å². The number of carbonyl (C=O) groups is 2. The van der Waals surface area contributed by atoms with E-state index in [1.54, 1.807) is 24.3 Å². The Morgan fingerprint density at radius 2 is 1.68 bits per heavy atom. The van der Waals surface area contributed by atoms with E-state index in [0.717, 1.165) is 0 Å². The molecule has 2 amide bonds. The highest BCUT2D eigenvalue weighted by Crippen LogP contribution is 2.20. The Hall–Kier alpha value is -2.89. The first-order valence-corrected chi connectivity index (χ1v) is 7.95. The Balaban J connectivity index is 2.06. The number of rotatable bonds is 6. The maximum atomic E-state index is 12.9. The van der Waals surface area contributed by atoms with Crippen LogP contribution < -0.4 is 15.0 Å². The maximum Gasteiger partial charge on any atom is 0.244 e. The minimum Gasteiger partial charge on any atom is -0.491 e. The van der Waals surface area contributed by atoms with Gasteiger partial charge in [-0.15, -0.1) is 0 Å². The molecule has 0 aliphatic carbocycles. The molecule has 2 aromatic rings. The second-order valence-electron chi connectivity index (χ2n) is 5.82. The van der Waals surface area contributed by atoms with Crippen molar-refractivity contribution in [2.24, 2.45) is 0 Å². The van der Waals surface area contributed by atoms with Gasteiger partial charge in [-0.3, -0.25) is 9.59 Å². The SMILES string of the molecule is CC(=O)N(CC(=O)Nc1ccc(F)cc1)c1ccc(OC(C)C)cc1. The zero-order valence-corrected chi connectivity index (χ0v) is 14.5. The fourth-order valence-corrected chi connectivity index (χ4v) is 2.24. The predicted octanol–water partition coefficient (Wildman–Crippen LogP) is 3.60. The lowest BCUT2D eigenvalue weighted by molar-refractivity contribution is -0.120. The van der Waals surface area contributed by atoms with Gasteiger partial charge in [-0.2, -0.15) is 0 Å². The van der Waals surface area contributed by atoms with Crippen LogP contribution in [-0.2, 0) is 9.59 Å². The minimum absolute atomic E-state index is 0.0521. The van der Waals surface area contributed by atoms with Crippen molar-refractivity contribution < 1.29 is 18.7 Å². The van der Waals surface area contributed by atoms with Gasteiger partial charge in [-0.25, -0.2) is 4.39 Å². The van der Waals surface area contributed by atoms with Gasteiger partial charge >= 0.3 is 0 Å². The van der Waals surface area contributed by atoms with Gasteiger partial charge in [0.2, 0.25) is 11.8 Å². The lowest BCUT2D eigenvalue weighted by Crippen LogP contribution is -2.36. The maximum absolute atomic E-state index is 12.9. The van der Waals surface area contributed by atoms with E-state index in [4.69, 9.17) is 4.74 Å². The van der Waals surface area contributed by atoms with Crippen LogP contribution in [0.3, 0.4) is 0 Å². The Morgan fingerprint density at radius 3 is 2.20 bits per heavy atom. The fourth-order valence-electron chi connectivity index (χ4n) is 2.24. The van der Waals surface area contributed by atoms with Gasteiger partial charge in [0, 0.05) is 18.3 Å². The summed E-state index contributed by atoms with van der Waals surface area (Å²) in [7, 11) is 0. The molecule has 5 nitrogen and oxygen atoms in total. The number of hydrogen-bond donors (Lipinski definition) is 1. The molecular formula is C19H21FN2O3. The first-order valence-electron chi connectivity index (χ1n) is 7.95. The Bertz CT molecular complexity index is 727. The topological polar surface area (TPSA) is 58.6 Å². The van der Waals surface area contributed by atoms with Gasteiger partial charge in [-0.1, -0.05) is 0 Å². The van der Waals surface area contributed by atoms with Crippen molar-refractivity contribution in [2.45, 2.75) is 26.9 Å². The first-order chi connectivity index (χ1) is 11.8. The zero-order valence-electron chi connectivity index (χ0n) is 14.5. The lowest BCUT2D eigenvalue weighted by atomic mass is 10.2. The van der Waals surface area contributed by atoms with E-state index >= 15 is 0 Å². The van der Waals surface area contributed by atoms with E-state index in [0.29, 0.717) is 17.1 Å². The van der Waals surface area contributed by atoms with E-state index in [1.807, 2.05) is 13.8 Å². The average Bonchev–Trinajstić information content (AvgIpc) is 2.55. The highest BCUT2D eigenvalue weighted by molar-refractivity contribution is 6.01. The highest BCUT2D eigenvalue weighted by Gasteiger charge is 2.16. The summed E-state index contributed by atoms with van der Waals surface area (Å²) < 4.78 is 18.5. The van der Waals surface area contributed by atoms with Crippen LogP contribution >= 0.6 is 0 Å². The van der Waals surface area contributed by atoms with Gasteiger partial charge in [0.15, 0.2) is 0 Å². The number of anilines is 2. The lowest BCUT2D eigenvalue weighted by Gasteiger charge is -2.21. The molecule has 132 valence electrons. The molecule has 2 aromatic carbocycles. The number of nitrogens with one attached hydrogen (secondary N) is 1. The monoisotopic (exact) mass is 344 g/mol. The number of amides is 2. The van der Waals surface area contributed by atoms with E-state index in [9.17, 15) is 14.0 Å². The first kappa shape index (κ1) is 18.4. The van der Waals surface area contributed by atoms with Crippen molar-refractivity contribution in [1.82, 2.24) is 0 Å². The molecule has 2 rings (SSSR count). The fraction of sp³-hybridized carbons (Fsp3) is 0.263. The van der Waals surface area contributed by atoms with Crippen molar-refractivity contribution >= 4 is 23.2 Å². The minimum atomic E-state index is -0.382. The van der Waals surface area contributed by atoms with E-state index in [-0.39, 0.29) is 30.3 Å². The molecule has 0 aliphatic rings. The molecule has 6 heteroatoms. The molecule has 0 aliphatic heterocycles. The summed E-state index contributed by atoms with van der Waals surface area (Å²) in [5, 5.41) is 2.64. The molecule has 0 bridgehead atoms. The number of carbonyl (C=O) groups excluding carboxylic acids is 2. The third-order valence-electron chi connectivity index (χ3n) is 3.33. The predicted molar refractivity (Wildman–Crippen MR) is 95.3 cm³/mol. The van der Waals surface area contributed by atoms with E-state index in [1.165, 1.54) is 36.1 Å². The molecule has 0 aromatic heterocycles. The number of hydrogen-bond acceptors (Lipinski definition) is 3. The summed E-state index contributed by atoms with van der Waals surface area (Å²) in [4.78, 5) is 25.4. The number of ether oxygens (including phenoxy) is 1. The smallest absolute Gasteiger partial charge is 0.244 e. The Morgan fingerprint density at radius 1 is 1.08 bits per heavy atom. The third kappa shape index (κ3) is 5.60. The molecule has 0 unspecified atom stereocenters. The van der Waals surface area contributed by atoms with Crippen LogP contribution in [0, 0.1) is 5.82 Å². The van der Waals surface area contributed by atoms with Gasteiger partial charge in [0.25, 0.3) is 0 Å². The van der Waals surface area contributed by atoms with Crippen molar-refractivity contribution in [2.75, 3.05) is 16.8 Å². The van der Waals surface area contributed by atoms with E-state index in [2.05, 4.69) is 5.32 Å². The largest absolute Gasteiger partial charge is 0.491 e. The quantitative estimate of drug-likeness (QED) is 0.871. The van der Waals surface area contributed by atoms with Crippen molar-refractivity contribution in [1.29, 1.82) is 0 Å². The van der Waals surface area contributed by atoms with Crippen LogP contribution in [0.5, 0.6) is 5.75 Å². The Labute approximate surface area is 146 Å². The second-order valence-corrected chi connectivity index (χ2v) is 5.82. The Kier molecular flexibility index (Phi) is 6.11. The second kappa shape index (κ2) is 8.28. The molecule has 0 saturated carbocycles. The van der Waals surface area contributed by atoms with Crippen molar-refractivity contribution in [3.63, 3.8) is 0 Å². The van der Waals surface area contributed by atoms with Crippen molar-refractivity contribution in [3.8, 4) is 5.75 Å². The molecular weight excluding hydrogens is 323 g/mol. The van der Waals surface area contributed by atoms with Crippen LogP contribution in [0.15, 0.2) is 48.5 Å².